The fraction of sp³-hybridized carbons (Fsp3) is 0.517. The lowest BCUT2D eigenvalue weighted by atomic mass is 9.83. The Bertz CT molecular complexity index is 1270. The minimum atomic E-state index is 0.144. The van der Waals surface area contributed by atoms with Crippen molar-refractivity contribution in [2.75, 3.05) is 26.2 Å². The van der Waals surface area contributed by atoms with E-state index in [4.69, 9.17) is 0 Å². The van der Waals surface area contributed by atoms with Crippen molar-refractivity contribution in [2.24, 2.45) is 5.92 Å². The largest absolute Gasteiger partial charge is 0.343 e. The second kappa shape index (κ2) is 9.65. The number of fused-ring (bicyclic) bond motifs is 5. The van der Waals surface area contributed by atoms with Crippen LogP contribution in [-0.4, -0.2) is 51.0 Å². The predicted molar refractivity (Wildman–Crippen MR) is 138 cm³/mol. The van der Waals surface area contributed by atoms with E-state index in [1.54, 1.807) is 6.07 Å². The maximum Gasteiger partial charge on any atom is 0.250 e. The number of benzene rings is 1. The van der Waals surface area contributed by atoms with E-state index in [-0.39, 0.29) is 5.56 Å². The van der Waals surface area contributed by atoms with Crippen LogP contribution in [0, 0.1) is 5.92 Å². The Morgan fingerprint density at radius 2 is 1.80 bits per heavy atom. The highest BCUT2D eigenvalue weighted by molar-refractivity contribution is 5.84. The van der Waals surface area contributed by atoms with E-state index in [1.807, 2.05) is 10.6 Å². The number of hydrogen-bond acceptors (Lipinski definition) is 3. The molecule has 0 N–H and O–H groups in total. The first-order valence-corrected chi connectivity index (χ1v) is 13.4. The number of nitrogens with zero attached hydrogens (tertiary/aromatic N) is 4. The van der Waals surface area contributed by atoms with Crippen LogP contribution in [0.25, 0.3) is 10.9 Å². The summed E-state index contributed by atoms with van der Waals surface area (Å²) in [4.78, 5) is 29.6. The summed E-state index contributed by atoms with van der Waals surface area (Å²) < 4.78 is 4.40. The number of carbonyl (C=O) groups excluding carboxylic acids is 1. The number of piperidine rings is 2. The average molecular weight is 473 g/mol. The standard InChI is InChI=1S/C29H36N4O2/c34-28(31-14-4-1-5-15-31)12-6-8-23-20-32(27-10-3-2-9-25(23)27)21-30-17-22-16-24(19-30)26-11-7-13-29(35)33(26)18-22/h2-3,7,9-11,13,20,22,24H,1,4-6,8,12,14-19,21H2/t22-,24-/m1/s1. The highest BCUT2D eigenvalue weighted by atomic mass is 16.2. The lowest BCUT2D eigenvalue weighted by molar-refractivity contribution is -0.132. The molecule has 0 saturated carbocycles. The molecule has 2 atom stereocenters. The van der Waals surface area contributed by atoms with Gasteiger partial charge in [0, 0.05) is 73.9 Å². The summed E-state index contributed by atoms with van der Waals surface area (Å²) in [5.74, 6) is 1.29. The number of hydrogen-bond donors (Lipinski definition) is 0. The van der Waals surface area contributed by atoms with Crippen molar-refractivity contribution in [3.8, 4) is 0 Å². The van der Waals surface area contributed by atoms with Gasteiger partial charge < -0.3 is 14.0 Å². The summed E-state index contributed by atoms with van der Waals surface area (Å²) in [5, 5.41) is 1.31. The topological polar surface area (TPSA) is 50.5 Å². The van der Waals surface area contributed by atoms with Crippen molar-refractivity contribution in [3.05, 3.63) is 70.3 Å². The van der Waals surface area contributed by atoms with Crippen LogP contribution >= 0.6 is 0 Å². The molecular formula is C29H36N4O2. The van der Waals surface area contributed by atoms with E-state index < -0.39 is 0 Å². The van der Waals surface area contributed by atoms with E-state index in [1.165, 1.54) is 35.0 Å². The molecule has 6 rings (SSSR count). The maximum absolute atomic E-state index is 12.6. The maximum atomic E-state index is 12.6. The number of aromatic nitrogens is 2. The molecule has 5 heterocycles. The number of amides is 1. The van der Waals surface area contributed by atoms with Crippen molar-refractivity contribution >= 4 is 16.8 Å². The monoisotopic (exact) mass is 472 g/mol. The summed E-state index contributed by atoms with van der Waals surface area (Å²) in [6, 6.07) is 14.4. The lowest BCUT2D eigenvalue weighted by Gasteiger charge is -2.42. The van der Waals surface area contributed by atoms with Crippen LogP contribution in [0.5, 0.6) is 0 Å². The van der Waals surface area contributed by atoms with Crippen LogP contribution in [0.4, 0.5) is 0 Å². The molecule has 3 aliphatic rings. The summed E-state index contributed by atoms with van der Waals surface area (Å²) in [5.41, 5.74) is 3.97. The van der Waals surface area contributed by atoms with Gasteiger partial charge in [-0.05, 0) is 62.1 Å². The van der Waals surface area contributed by atoms with Crippen LogP contribution in [0.15, 0.2) is 53.5 Å². The molecule has 6 heteroatoms. The Balaban J connectivity index is 1.15. The molecule has 35 heavy (non-hydrogen) atoms. The molecule has 2 aromatic heterocycles. The van der Waals surface area contributed by atoms with Crippen LogP contribution in [0.3, 0.4) is 0 Å². The van der Waals surface area contributed by atoms with Gasteiger partial charge >= 0.3 is 0 Å². The minimum absolute atomic E-state index is 0.144. The molecule has 2 fully saturated rings. The summed E-state index contributed by atoms with van der Waals surface area (Å²) in [6.07, 6.45) is 9.55. The van der Waals surface area contributed by atoms with Crippen LogP contribution in [0.2, 0.25) is 0 Å². The molecule has 0 radical (unpaired) electrons. The molecule has 2 saturated heterocycles. The average Bonchev–Trinajstić information content (AvgIpc) is 3.22. The lowest BCUT2D eigenvalue weighted by Crippen LogP contribution is -2.47. The number of para-hydroxylation sites is 1. The molecule has 3 aromatic rings. The van der Waals surface area contributed by atoms with E-state index in [0.29, 0.717) is 24.2 Å². The van der Waals surface area contributed by atoms with Gasteiger partial charge in [-0.2, -0.15) is 0 Å². The molecule has 2 bridgehead atoms. The van der Waals surface area contributed by atoms with Crippen LogP contribution < -0.4 is 5.56 Å². The SMILES string of the molecule is O=C(CCCc1cn(CN2C[C@H]3C[C@H](C2)c2cccc(=O)n2C3)c2ccccc12)N1CCCCC1. The smallest absolute Gasteiger partial charge is 0.250 e. The van der Waals surface area contributed by atoms with Gasteiger partial charge in [-0.1, -0.05) is 24.3 Å². The number of carbonyl (C=O) groups is 1. The van der Waals surface area contributed by atoms with Crippen molar-refractivity contribution < 1.29 is 4.79 Å². The first-order chi connectivity index (χ1) is 17.2. The third kappa shape index (κ3) is 4.56. The fourth-order valence-electron chi connectivity index (χ4n) is 6.70. The predicted octanol–water partition coefficient (Wildman–Crippen LogP) is 4.22. The molecule has 184 valence electrons. The summed E-state index contributed by atoms with van der Waals surface area (Å²) >= 11 is 0. The summed E-state index contributed by atoms with van der Waals surface area (Å²) in [7, 11) is 0. The third-order valence-corrected chi connectivity index (χ3v) is 8.32. The Morgan fingerprint density at radius 3 is 2.69 bits per heavy atom. The van der Waals surface area contributed by atoms with Crippen LogP contribution in [0.1, 0.15) is 55.7 Å². The molecular weight excluding hydrogens is 436 g/mol. The number of likely N-dealkylation sites (tertiary alicyclic amines) is 2. The highest BCUT2D eigenvalue weighted by Crippen LogP contribution is 2.35. The van der Waals surface area contributed by atoms with Crippen molar-refractivity contribution in [2.45, 2.75) is 64.1 Å². The molecule has 0 unspecified atom stereocenters. The highest BCUT2D eigenvalue weighted by Gasteiger charge is 2.34. The van der Waals surface area contributed by atoms with Gasteiger partial charge in [0.1, 0.15) is 0 Å². The van der Waals surface area contributed by atoms with E-state index >= 15 is 0 Å². The molecule has 0 aliphatic carbocycles. The van der Waals surface area contributed by atoms with Gasteiger partial charge in [0.2, 0.25) is 5.91 Å². The van der Waals surface area contributed by atoms with Crippen LogP contribution in [-0.2, 0) is 24.4 Å². The zero-order chi connectivity index (χ0) is 23.8. The van der Waals surface area contributed by atoms with Crippen molar-refractivity contribution in [1.82, 2.24) is 18.9 Å². The van der Waals surface area contributed by atoms with E-state index in [2.05, 4.69) is 50.9 Å². The Morgan fingerprint density at radius 1 is 0.943 bits per heavy atom. The Kier molecular flexibility index (Phi) is 6.23. The zero-order valence-electron chi connectivity index (χ0n) is 20.6. The number of aryl methyl sites for hydroxylation is 1. The molecule has 6 nitrogen and oxygen atoms in total. The van der Waals surface area contributed by atoms with Gasteiger partial charge in [-0.3, -0.25) is 14.5 Å². The number of pyridine rings is 1. The number of rotatable bonds is 6. The van der Waals surface area contributed by atoms with Gasteiger partial charge in [0.25, 0.3) is 5.56 Å². The molecule has 3 aliphatic heterocycles. The first-order valence-electron chi connectivity index (χ1n) is 13.4. The minimum Gasteiger partial charge on any atom is -0.343 e. The van der Waals surface area contributed by atoms with Gasteiger partial charge in [0.05, 0.1) is 6.67 Å². The quantitative estimate of drug-likeness (QED) is 0.540. The summed E-state index contributed by atoms with van der Waals surface area (Å²) in [6.45, 7) is 5.61. The van der Waals surface area contributed by atoms with Gasteiger partial charge in [0.15, 0.2) is 0 Å². The molecule has 1 aromatic carbocycles. The third-order valence-electron chi connectivity index (χ3n) is 8.32. The Labute approximate surface area is 207 Å². The zero-order valence-corrected chi connectivity index (χ0v) is 20.6. The van der Waals surface area contributed by atoms with Gasteiger partial charge in [-0.15, -0.1) is 0 Å². The van der Waals surface area contributed by atoms with Gasteiger partial charge in [-0.25, -0.2) is 0 Å². The van der Waals surface area contributed by atoms with E-state index in [0.717, 1.165) is 65.1 Å². The molecule has 0 spiro atoms. The molecule has 1 amide bonds. The normalized spacial score (nSPS) is 22.3. The van der Waals surface area contributed by atoms with Crippen molar-refractivity contribution in [1.29, 1.82) is 0 Å². The fourth-order valence-corrected chi connectivity index (χ4v) is 6.70. The first kappa shape index (κ1) is 22.6. The second-order valence-electron chi connectivity index (χ2n) is 10.8. The van der Waals surface area contributed by atoms with Crippen molar-refractivity contribution in [3.63, 3.8) is 0 Å². The van der Waals surface area contributed by atoms with E-state index in [9.17, 15) is 9.59 Å². The Hall–Kier alpha value is -2.86. The second-order valence-corrected chi connectivity index (χ2v) is 10.8.